The lowest BCUT2D eigenvalue weighted by Gasteiger charge is -2.31. The Hall–Kier alpha value is -3.23. The molecule has 2 aromatic carbocycles. The van der Waals surface area contributed by atoms with E-state index in [1.165, 1.54) is 4.31 Å². The first-order valence-electron chi connectivity index (χ1n) is 11.3. The van der Waals surface area contributed by atoms with Gasteiger partial charge in [-0.15, -0.1) is 0 Å². The molecule has 4 rings (SSSR count). The van der Waals surface area contributed by atoms with Gasteiger partial charge >= 0.3 is 0 Å². The number of carbonyl (C=O) groups is 1. The highest BCUT2D eigenvalue weighted by atomic mass is 32.2. The number of hydrogen-bond acceptors (Lipinski definition) is 5. The van der Waals surface area contributed by atoms with Crippen LogP contribution in [0.3, 0.4) is 0 Å². The monoisotopic (exact) mass is 479 g/mol. The van der Waals surface area contributed by atoms with Gasteiger partial charge in [0.05, 0.1) is 5.92 Å². The van der Waals surface area contributed by atoms with Gasteiger partial charge in [-0.25, -0.2) is 8.42 Å². The Bertz CT molecular complexity index is 1310. The van der Waals surface area contributed by atoms with Crippen LogP contribution in [0.1, 0.15) is 41.0 Å². The van der Waals surface area contributed by atoms with Crippen LogP contribution in [0.25, 0.3) is 12.2 Å². The van der Waals surface area contributed by atoms with Crippen LogP contribution in [-0.2, 0) is 14.8 Å². The van der Waals surface area contributed by atoms with Crippen LogP contribution in [0.5, 0.6) is 0 Å². The molecule has 1 aromatic heterocycles. The Balaban J connectivity index is 1.53. The number of rotatable bonds is 6. The summed E-state index contributed by atoms with van der Waals surface area (Å²) in [5, 5.41) is 6.88. The van der Waals surface area contributed by atoms with Gasteiger partial charge in [-0.05, 0) is 56.9 Å². The average Bonchev–Trinajstić information content (AvgIpc) is 3.21. The molecule has 1 atom stereocenters. The fourth-order valence-electron chi connectivity index (χ4n) is 4.23. The molecule has 1 aliphatic rings. The van der Waals surface area contributed by atoms with Gasteiger partial charge in [-0.2, -0.15) is 4.31 Å². The lowest BCUT2D eigenvalue weighted by molar-refractivity contribution is -0.120. The van der Waals surface area contributed by atoms with Crippen molar-refractivity contribution in [3.05, 3.63) is 76.7 Å². The van der Waals surface area contributed by atoms with E-state index in [1.807, 2.05) is 62.4 Å². The molecule has 1 saturated heterocycles. The van der Waals surface area contributed by atoms with Crippen molar-refractivity contribution in [2.45, 2.75) is 38.5 Å². The molecule has 0 unspecified atom stereocenters. The van der Waals surface area contributed by atoms with Gasteiger partial charge in [-0.3, -0.25) is 4.79 Å². The largest absolute Gasteiger partial charge is 0.355 e. The summed E-state index contributed by atoms with van der Waals surface area (Å²) in [7, 11) is -3.89. The van der Waals surface area contributed by atoms with E-state index in [4.69, 9.17) is 4.52 Å². The quantitative estimate of drug-likeness (QED) is 0.548. The lowest BCUT2D eigenvalue weighted by atomic mass is 9.98. The van der Waals surface area contributed by atoms with Gasteiger partial charge in [-0.1, -0.05) is 59.3 Å². The van der Waals surface area contributed by atoms with Gasteiger partial charge < -0.3 is 9.84 Å². The minimum absolute atomic E-state index is 0.0510. The number of sulfonamides is 1. The summed E-state index contributed by atoms with van der Waals surface area (Å²) in [6, 6.07) is 15.4. The molecule has 1 amide bonds. The zero-order chi connectivity index (χ0) is 24.3. The Morgan fingerprint density at radius 1 is 1.12 bits per heavy atom. The van der Waals surface area contributed by atoms with Crippen molar-refractivity contribution in [2.24, 2.45) is 5.92 Å². The Kier molecular flexibility index (Phi) is 7.00. The molecule has 0 aliphatic carbocycles. The third kappa shape index (κ3) is 5.13. The SMILES string of the molecule is Cc1ccc(NC(=O)[C@H]2CCCN(S(=O)(=O)c3c(C)noc3/C=C/c3ccccc3)C2)c(C)c1. The first-order chi connectivity index (χ1) is 16.3. The van der Waals surface area contributed by atoms with E-state index in [0.29, 0.717) is 25.1 Å². The lowest BCUT2D eigenvalue weighted by Crippen LogP contribution is -2.44. The predicted octanol–water partition coefficient (Wildman–Crippen LogP) is 4.81. The summed E-state index contributed by atoms with van der Waals surface area (Å²) in [6.07, 6.45) is 4.64. The van der Waals surface area contributed by atoms with Gasteiger partial charge in [0.2, 0.25) is 15.9 Å². The molecule has 0 spiro atoms. The molecule has 178 valence electrons. The third-order valence-electron chi connectivity index (χ3n) is 6.05. The Morgan fingerprint density at radius 3 is 2.62 bits per heavy atom. The Labute approximate surface area is 200 Å². The maximum Gasteiger partial charge on any atom is 0.248 e. The zero-order valence-corrected chi connectivity index (χ0v) is 20.4. The molecular formula is C26H29N3O4S. The van der Waals surface area contributed by atoms with E-state index in [-0.39, 0.29) is 23.1 Å². The van der Waals surface area contributed by atoms with Crippen LogP contribution in [0.2, 0.25) is 0 Å². The fraction of sp³-hybridized carbons (Fsp3) is 0.308. The van der Waals surface area contributed by atoms with Crippen molar-refractivity contribution in [3.63, 3.8) is 0 Å². The average molecular weight is 480 g/mol. The van der Waals surface area contributed by atoms with E-state index in [9.17, 15) is 13.2 Å². The maximum atomic E-state index is 13.6. The first kappa shape index (κ1) is 23.9. The van der Waals surface area contributed by atoms with Crippen LogP contribution >= 0.6 is 0 Å². The molecule has 0 radical (unpaired) electrons. The molecule has 2 heterocycles. The number of amides is 1. The summed E-state index contributed by atoms with van der Waals surface area (Å²) in [4.78, 5) is 13.0. The molecular weight excluding hydrogens is 450 g/mol. The number of hydrogen-bond donors (Lipinski definition) is 1. The number of aryl methyl sites for hydroxylation is 3. The summed E-state index contributed by atoms with van der Waals surface area (Å²) in [6.45, 7) is 6.02. The van der Waals surface area contributed by atoms with Crippen molar-refractivity contribution < 1.29 is 17.7 Å². The van der Waals surface area contributed by atoms with Gasteiger partial charge in [0.15, 0.2) is 10.7 Å². The minimum Gasteiger partial charge on any atom is -0.355 e. The van der Waals surface area contributed by atoms with Crippen molar-refractivity contribution >= 4 is 33.8 Å². The highest BCUT2D eigenvalue weighted by Crippen LogP contribution is 2.30. The molecule has 7 nitrogen and oxygen atoms in total. The molecule has 8 heteroatoms. The van der Waals surface area contributed by atoms with Gasteiger partial charge in [0, 0.05) is 18.8 Å². The molecule has 1 fully saturated rings. The molecule has 1 aliphatic heterocycles. The number of anilines is 1. The van der Waals surface area contributed by atoms with Crippen molar-refractivity contribution in [2.75, 3.05) is 18.4 Å². The van der Waals surface area contributed by atoms with Crippen LogP contribution in [0.4, 0.5) is 5.69 Å². The second-order valence-corrected chi connectivity index (χ2v) is 10.6. The highest BCUT2D eigenvalue weighted by Gasteiger charge is 2.37. The van der Waals surface area contributed by atoms with Crippen molar-refractivity contribution in [1.29, 1.82) is 0 Å². The van der Waals surface area contributed by atoms with E-state index < -0.39 is 15.9 Å². The van der Waals surface area contributed by atoms with E-state index >= 15 is 0 Å². The number of nitrogens with zero attached hydrogens (tertiary/aromatic N) is 2. The second-order valence-electron chi connectivity index (χ2n) is 8.72. The van der Waals surface area contributed by atoms with Crippen LogP contribution in [0.15, 0.2) is 57.9 Å². The molecule has 0 saturated carbocycles. The second kappa shape index (κ2) is 9.95. The maximum absolute atomic E-state index is 13.6. The summed E-state index contributed by atoms with van der Waals surface area (Å²) < 4.78 is 33.9. The first-order valence-corrected chi connectivity index (χ1v) is 12.8. The van der Waals surface area contributed by atoms with Gasteiger partial charge in [0.25, 0.3) is 0 Å². The number of benzene rings is 2. The van der Waals surface area contributed by atoms with Crippen LogP contribution in [-0.4, -0.2) is 36.9 Å². The third-order valence-corrected chi connectivity index (χ3v) is 8.08. The number of carbonyl (C=O) groups excluding carboxylic acids is 1. The van der Waals surface area contributed by atoms with Crippen molar-refractivity contribution in [3.8, 4) is 0 Å². The minimum atomic E-state index is -3.89. The van der Waals surface area contributed by atoms with Gasteiger partial charge in [0.1, 0.15) is 5.69 Å². The summed E-state index contributed by atoms with van der Waals surface area (Å²) >= 11 is 0. The standard InChI is InChI=1S/C26H29N3O4S/c1-18-11-13-23(19(2)16-18)27-26(30)22-10-7-15-29(17-22)34(31,32)25-20(3)28-33-24(25)14-12-21-8-5-4-6-9-21/h4-6,8-9,11-14,16,22H,7,10,15,17H2,1-3H3,(H,27,30)/b14-12+/t22-/m0/s1. The smallest absolute Gasteiger partial charge is 0.248 e. The Morgan fingerprint density at radius 2 is 1.88 bits per heavy atom. The normalized spacial score (nSPS) is 17.2. The molecule has 1 N–H and O–H groups in total. The number of nitrogens with one attached hydrogen (secondary N) is 1. The fourth-order valence-corrected chi connectivity index (χ4v) is 6.00. The van der Waals surface area contributed by atoms with Crippen LogP contribution < -0.4 is 5.32 Å². The summed E-state index contributed by atoms with van der Waals surface area (Å²) in [5.41, 5.74) is 4.06. The zero-order valence-electron chi connectivity index (χ0n) is 19.6. The molecule has 34 heavy (non-hydrogen) atoms. The van der Waals surface area contributed by atoms with Crippen LogP contribution in [0, 0.1) is 26.7 Å². The molecule has 3 aromatic rings. The topological polar surface area (TPSA) is 92.5 Å². The predicted molar refractivity (Wildman–Crippen MR) is 133 cm³/mol. The van der Waals surface area contributed by atoms with E-state index in [2.05, 4.69) is 10.5 Å². The number of piperidine rings is 1. The summed E-state index contributed by atoms with van der Waals surface area (Å²) in [5.74, 6) is -0.422. The number of aromatic nitrogens is 1. The molecule has 0 bridgehead atoms. The highest BCUT2D eigenvalue weighted by molar-refractivity contribution is 7.89. The van der Waals surface area contributed by atoms with E-state index in [1.54, 1.807) is 19.1 Å². The van der Waals surface area contributed by atoms with Crippen molar-refractivity contribution in [1.82, 2.24) is 9.46 Å². The van der Waals surface area contributed by atoms with E-state index in [0.717, 1.165) is 22.4 Å².